The van der Waals surface area contributed by atoms with E-state index in [1.807, 2.05) is 25.1 Å². The average Bonchev–Trinajstić information content (AvgIpc) is 2.98. The highest BCUT2D eigenvalue weighted by molar-refractivity contribution is 7.04. The van der Waals surface area contributed by atoms with Gasteiger partial charge < -0.3 is 4.74 Å². The van der Waals surface area contributed by atoms with Crippen LogP contribution >= 0.6 is 11.5 Å². The number of carbonyl (C=O) groups is 2. The monoisotopic (exact) mass is 318 g/mol. The zero-order valence-electron chi connectivity index (χ0n) is 12.8. The number of hydrogen-bond acceptors (Lipinski definition) is 5. The molecular formula is C16H18N2O3S. The highest BCUT2D eigenvalue weighted by Crippen LogP contribution is 2.24. The second-order valence-corrected chi connectivity index (χ2v) is 5.40. The van der Waals surface area contributed by atoms with Crippen LogP contribution in [-0.4, -0.2) is 29.4 Å². The van der Waals surface area contributed by atoms with E-state index >= 15 is 0 Å². The van der Waals surface area contributed by atoms with Crippen LogP contribution < -0.4 is 4.90 Å². The van der Waals surface area contributed by atoms with Crippen LogP contribution in [0.4, 0.5) is 5.69 Å². The van der Waals surface area contributed by atoms with Gasteiger partial charge in [0.25, 0.3) is 5.91 Å². The highest BCUT2D eigenvalue weighted by atomic mass is 32.1. The molecule has 1 atom stereocenters. The normalized spacial score (nSPS) is 11.8. The van der Waals surface area contributed by atoms with Gasteiger partial charge in [0.05, 0.1) is 18.4 Å². The maximum atomic E-state index is 12.9. The van der Waals surface area contributed by atoms with Crippen LogP contribution in [0.15, 0.2) is 35.7 Å². The summed E-state index contributed by atoms with van der Waals surface area (Å²) in [4.78, 5) is 26.5. The van der Waals surface area contributed by atoms with Gasteiger partial charge >= 0.3 is 5.97 Å². The van der Waals surface area contributed by atoms with Crippen molar-refractivity contribution in [3.05, 3.63) is 47.0 Å². The lowest BCUT2D eigenvalue weighted by Crippen LogP contribution is -2.45. The molecule has 1 unspecified atom stereocenters. The van der Waals surface area contributed by atoms with Crippen LogP contribution in [0.3, 0.4) is 0 Å². The topological polar surface area (TPSA) is 59.5 Å². The van der Waals surface area contributed by atoms with Crippen molar-refractivity contribution in [1.82, 2.24) is 4.37 Å². The third-order valence-corrected chi connectivity index (χ3v) is 4.13. The van der Waals surface area contributed by atoms with Crippen LogP contribution in [0.1, 0.15) is 29.4 Å². The van der Waals surface area contributed by atoms with Crippen LogP contribution in [0, 0.1) is 6.92 Å². The van der Waals surface area contributed by atoms with Gasteiger partial charge in [-0.1, -0.05) is 25.1 Å². The lowest BCUT2D eigenvalue weighted by molar-refractivity contribution is -0.142. The zero-order chi connectivity index (χ0) is 16.1. The molecule has 22 heavy (non-hydrogen) atoms. The van der Waals surface area contributed by atoms with Gasteiger partial charge in [-0.15, -0.1) is 0 Å². The average molecular weight is 318 g/mol. The van der Waals surface area contributed by atoms with Crippen molar-refractivity contribution in [3.63, 3.8) is 0 Å². The van der Waals surface area contributed by atoms with E-state index in [0.717, 1.165) is 0 Å². The summed E-state index contributed by atoms with van der Waals surface area (Å²) >= 11 is 1.23. The molecule has 1 aromatic carbocycles. The molecule has 2 rings (SSSR count). The van der Waals surface area contributed by atoms with Gasteiger partial charge in [0, 0.05) is 11.1 Å². The van der Waals surface area contributed by atoms with Gasteiger partial charge in [-0.05, 0) is 37.0 Å². The van der Waals surface area contributed by atoms with Crippen molar-refractivity contribution in [2.75, 3.05) is 12.0 Å². The smallest absolute Gasteiger partial charge is 0.328 e. The standard InChI is InChI=1S/C16H18N2O3S/c1-4-14(16(20)21-3)18(12-8-6-5-7-9-12)15(19)13-10-22-17-11(13)2/h5-10,14H,4H2,1-3H3. The van der Waals surface area contributed by atoms with Crippen molar-refractivity contribution in [1.29, 1.82) is 0 Å². The first-order chi connectivity index (χ1) is 10.6. The molecule has 0 spiro atoms. The van der Waals surface area contributed by atoms with Gasteiger partial charge in [0.2, 0.25) is 0 Å². The van der Waals surface area contributed by atoms with Gasteiger partial charge in [0.1, 0.15) is 6.04 Å². The van der Waals surface area contributed by atoms with Crippen molar-refractivity contribution >= 4 is 29.1 Å². The predicted octanol–water partition coefficient (Wildman–Crippen LogP) is 3.05. The number of amides is 1. The van der Waals surface area contributed by atoms with Gasteiger partial charge in [-0.3, -0.25) is 9.69 Å². The number of aromatic nitrogens is 1. The summed E-state index contributed by atoms with van der Waals surface area (Å²) in [6.07, 6.45) is 0.462. The number of carbonyl (C=O) groups excluding carboxylic acids is 2. The fourth-order valence-electron chi connectivity index (χ4n) is 2.25. The number of methoxy groups -OCH3 is 1. The second-order valence-electron chi connectivity index (χ2n) is 4.77. The molecule has 2 aromatic rings. The van der Waals surface area contributed by atoms with Crippen molar-refractivity contribution in [2.45, 2.75) is 26.3 Å². The number of hydrogen-bond donors (Lipinski definition) is 0. The Labute approximate surface area is 133 Å². The Morgan fingerprint density at radius 2 is 2.00 bits per heavy atom. The van der Waals surface area contributed by atoms with E-state index in [9.17, 15) is 9.59 Å². The molecule has 6 heteroatoms. The highest BCUT2D eigenvalue weighted by Gasteiger charge is 2.32. The molecule has 0 bridgehead atoms. The summed E-state index contributed by atoms with van der Waals surface area (Å²) in [6.45, 7) is 3.63. The summed E-state index contributed by atoms with van der Waals surface area (Å²) in [5.74, 6) is -0.671. The number of rotatable bonds is 5. The Morgan fingerprint density at radius 3 is 2.50 bits per heavy atom. The van der Waals surface area contributed by atoms with E-state index in [4.69, 9.17) is 4.74 Å². The molecule has 0 fully saturated rings. The quantitative estimate of drug-likeness (QED) is 0.795. The fraction of sp³-hybridized carbons (Fsp3) is 0.312. The summed E-state index contributed by atoms with van der Waals surface area (Å²) in [5, 5.41) is 1.71. The van der Waals surface area contributed by atoms with Crippen molar-refractivity contribution < 1.29 is 14.3 Å². The van der Waals surface area contributed by atoms with Crippen LogP contribution in [0.5, 0.6) is 0 Å². The first-order valence-corrected chi connectivity index (χ1v) is 7.81. The first kappa shape index (κ1) is 16.2. The van der Waals surface area contributed by atoms with E-state index in [-0.39, 0.29) is 5.91 Å². The first-order valence-electron chi connectivity index (χ1n) is 6.97. The van der Waals surface area contributed by atoms with E-state index in [0.29, 0.717) is 23.4 Å². The van der Waals surface area contributed by atoms with Crippen molar-refractivity contribution in [3.8, 4) is 0 Å². The molecule has 116 valence electrons. The Balaban J connectivity index is 2.48. The molecule has 1 aromatic heterocycles. The molecule has 0 saturated carbocycles. The predicted molar refractivity (Wildman–Crippen MR) is 86.2 cm³/mol. The number of anilines is 1. The van der Waals surface area contributed by atoms with Crippen LogP contribution in [0.25, 0.3) is 0 Å². The maximum Gasteiger partial charge on any atom is 0.328 e. The lowest BCUT2D eigenvalue weighted by atomic mass is 10.1. The molecule has 0 aliphatic rings. The third kappa shape index (κ3) is 3.17. The van der Waals surface area contributed by atoms with Gasteiger partial charge in [-0.2, -0.15) is 4.37 Å². The summed E-state index contributed by atoms with van der Waals surface area (Å²) < 4.78 is 9.00. The van der Waals surface area contributed by atoms with E-state index < -0.39 is 12.0 Å². The van der Waals surface area contributed by atoms with Crippen LogP contribution in [0.2, 0.25) is 0 Å². The maximum absolute atomic E-state index is 12.9. The van der Waals surface area contributed by atoms with E-state index in [1.165, 1.54) is 23.5 Å². The fourth-order valence-corrected chi connectivity index (χ4v) is 2.93. The minimum Gasteiger partial charge on any atom is -0.467 e. The Morgan fingerprint density at radius 1 is 1.32 bits per heavy atom. The molecule has 0 aliphatic carbocycles. The molecule has 0 N–H and O–H groups in total. The number of benzene rings is 1. The Bertz CT molecular complexity index is 654. The van der Waals surface area contributed by atoms with Gasteiger partial charge in [0.15, 0.2) is 0 Å². The molecule has 1 heterocycles. The summed E-state index contributed by atoms with van der Waals surface area (Å²) in [6, 6.07) is 8.47. The minimum atomic E-state index is -0.667. The molecule has 0 aliphatic heterocycles. The number of para-hydroxylation sites is 1. The Hall–Kier alpha value is -2.21. The molecule has 1 amide bonds. The van der Waals surface area contributed by atoms with Gasteiger partial charge in [-0.25, -0.2) is 4.79 Å². The van der Waals surface area contributed by atoms with Crippen LogP contribution in [-0.2, 0) is 9.53 Å². The van der Waals surface area contributed by atoms with Crippen molar-refractivity contribution in [2.24, 2.45) is 0 Å². The minimum absolute atomic E-state index is 0.241. The number of nitrogens with zero attached hydrogens (tertiary/aromatic N) is 2. The molecule has 0 radical (unpaired) electrons. The largest absolute Gasteiger partial charge is 0.467 e. The summed E-state index contributed by atoms with van der Waals surface area (Å²) in [7, 11) is 1.33. The number of esters is 1. The second kappa shape index (κ2) is 7.17. The molecule has 0 saturated heterocycles. The summed E-state index contributed by atoms with van der Waals surface area (Å²) in [5.41, 5.74) is 1.84. The number of aryl methyl sites for hydroxylation is 1. The van der Waals surface area contributed by atoms with E-state index in [1.54, 1.807) is 24.4 Å². The number of ether oxygens (including phenoxy) is 1. The Kier molecular flexibility index (Phi) is 5.27. The zero-order valence-corrected chi connectivity index (χ0v) is 13.6. The lowest BCUT2D eigenvalue weighted by Gasteiger charge is -2.29. The third-order valence-electron chi connectivity index (χ3n) is 3.41. The molecular weight excluding hydrogens is 300 g/mol. The SMILES string of the molecule is CCC(C(=O)OC)N(C(=O)c1csnc1C)c1ccccc1. The molecule has 5 nitrogen and oxygen atoms in total. The van der Waals surface area contributed by atoms with E-state index in [2.05, 4.69) is 4.37 Å².